The van der Waals surface area contributed by atoms with Gasteiger partial charge in [0.2, 0.25) is 0 Å². The number of phenolic OH excluding ortho intramolecular Hbond substituents is 2. The van der Waals surface area contributed by atoms with Crippen molar-refractivity contribution in [1.82, 2.24) is 0 Å². The van der Waals surface area contributed by atoms with Gasteiger partial charge in [-0.25, -0.2) is 0 Å². The van der Waals surface area contributed by atoms with Gasteiger partial charge in [-0.05, 0) is 60.1 Å². The van der Waals surface area contributed by atoms with Crippen LogP contribution in [0.15, 0.2) is 36.4 Å². The maximum Gasteiger partial charge on any atom is 0.186 e. The number of hydrogen-bond acceptors (Lipinski definition) is 16. The highest BCUT2D eigenvalue weighted by atomic mass is 16.7. The molecule has 0 unspecified atom stereocenters. The van der Waals surface area contributed by atoms with Crippen molar-refractivity contribution >= 4 is 0 Å². The number of benzene rings is 2. The lowest BCUT2D eigenvalue weighted by Crippen LogP contribution is -2.59. The standard InChI is InChI=1S/C32H46O16/c1-43-21-9-15(3-5-19(21)35)7-17(13-45-31-29(41)27(39)25(37)23(11-33)47-31)18(8-16-4-6-20(36)22(10-16)44-2)14-46-32-30(42)28(40)26(38)24(12-34)48-32/h3-6,9-10,17-18,23-42H,7-8,11-14H2,1-2H3/t17-,18+,23-,24-,25-,26-,27+,28+,29-,30-,31+,32+/m1/s1. The van der Waals surface area contributed by atoms with Crippen LogP contribution < -0.4 is 9.47 Å². The van der Waals surface area contributed by atoms with Crippen molar-refractivity contribution < 1.29 is 79.5 Å². The van der Waals surface area contributed by atoms with Crippen LogP contribution in [0.5, 0.6) is 23.0 Å². The van der Waals surface area contributed by atoms with Crippen molar-refractivity contribution in [1.29, 1.82) is 0 Å². The summed E-state index contributed by atoms with van der Waals surface area (Å²) in [6.45, 7) is -1.63. The van der Waals surface area contributed by atoms with Crippen LogP contribution >= 0.6 is 0 Å². The van der Waals surface area contributed by atoms with E-state index >= 15 is 0 Å². The number of methoxy groups -OCH3 is 2. The molecule has 4 rings (SSSR count). The van der Waals surface area contributed by atoms with Gasteiger partial charge in [-0.15, -0.1) is 0 Å². The summed E-state index contributed by atoms with van der Waals surface area (Å²) in [7, 11) is 2.79. The van der Waals surface area contributed by atoms with Gasteiger partial charge in [-0.1, -0.05) is 12.1 Å². The quantitative estimate of drug-likeness (QED) is 0.0951. The molecule has 0 bridgehead atoms. The van der Waals surface area contributed by atoms with E-state index in [2.05, 4.69) is 0 Å². The number of hydrogen-bond donors (Lipinski definition) is 10. The molecule has 16 nitrogen and oxygen atoms in total. The number of aliphatic hydroxyl groups excluding tert-OH is 8. The summed E-state index contributed by atoms with van der Waals surface area (Å²) < 4.78 is 33.6. The van der Waals surface area contributed by atoms with E-state index in [-0.39, 0.29) is 49.1 Å². The first kappa shape index (κ1) is 38.0. The average molecular weight is 687 g/mol. The van der Waals surface area contributed by atoms with Crippen LogP contribution in [0.4, 0.5) is 0 Å². The van der Waals surface area contributed by atoms with Crippen LogP contribution in [0.2, 0.25) is 0 Å². The second-order valence-electron chi connectivity index (χ2n) is 12.0. The Bertz CT molecular complexity index is 1200. The van der Waals surface area contributed by atoms with Crippen LogP contribution in [-0.2, 0) is 31.8 Å². The highest BCUT2D eigenvalue weighted by Crippen LogP contribution is 2.34. The summed E-state index contributed by atoms with van der Waals surface area (Å²) in [6.07, 6.45) is -14.7. The summed E-state index contributed by atoms with van der Waals surface area (Å²) in [5.41, 5.74) is 1.38. The first-order chi connectivity index (χ1) is 22.9. The Morgan fingerprint density at radius 3 is 1.29 bits per heavy atom. The third kappa shape index (κ3) is 8.84. The molecule has 270 valence electrons. The molecule has 16 heteroatoms. The highest BCUT2D eigenvalue weighted by Gasteiger charge is 2.46. The molecule has 12 atom stereocenters. The summed E-state index contributed by atoms with van der Waals surface area (Å²) in [6, 6.07) is 9.47. The minimum absolute atomic E-state index is 0.0888. The van der Waals surface area contributed by atoms with Gasteiger partial charge in [-0.3, -0.25) is 0 Å². The van der Waals surface area contributed by atoms with E-state index in [0.29, 0.717) is 11.1 Å². The van der Waals surface area contributed by atoms with Gasteiger partial charge in [0, 0.05) is 0 Å². The molecule has 2 saturated heterocycles. The summed E-state index contributed by atoms with van der Waals surface area (Å²) in [5.74, 6) is -0.854. The van der Waals surface area contributed by atoms with Crippen LogP contribution in [-0.4, -0.2) is 153 Å². The Kier molecular flexibility index (Phi) is 13.6. The van der Waals surface area contributed by atoms with Crippen LogP contribution in [0, 0.1) is 11.8 Å². The number of ether oxygens (including phenoxy) is 6. The molecule has 0 aromatic heterocycles. The van der Waals surface area contributed by atoms with E-state index in [1.807, 2.05) is 0 Å². The predicted octanol–water partition coefficient (Wildman–Crippen LogP) is -2.23. The molecule has 0 spiro atoms. The molecule has 0 amide bonds. The van der Waals surface area contributed by atoms with Gasteiger partial charge < -0.3 is 79.5 Å². The van der Waals surface area contributed by atoms with Crippen molar-refractivity contribution in [3.05, 3.63) is 47.5 Å². The van der Waals surface area contributed by atoms with Gasteiger partial charge in [0.25, 0.3) is 0 Å². The second-order valence-corrected chi connectivity index (χ2v) is 12.0. The fourth-order valence-corrected chi connectivity index (χ4v) is 5.87. The molecule has 0 radical (unpaired) electrons. The highest BCUT2D eigenvalue weighted by molar-refractivity contribution is 5.43. The Labute approximate surface area is 276 Å². The molecule has 0 aliphatic carbocycles. The van der Waals surface area contributed by atoms with E-state index in [4.69, 9.17) is 28.4 Å². The zero-order chi connectivity index (χ0) is 35.1. The molecule has 2 aliphatic heterocycles. The predicted molar refractivity (Wildman–Crippen MR) is 163 cm³/mol. The minimum atomic E-state index is -1.67. The van der Waals surface area contributed by atoms with Crippen LogP contribution in [0.3, 0.4) is 0 Å². The molecule has 2 fully saturated rings. The van der Waals surface area contributed by atoms with E-state index < -0.39 is 86.5 Å². The van der Waals surface area contributed by atoms with Crippen molar-refractivity contribution in [2.45, 2.75) is 74.3 Å². The monoisotopic (exact) mass is 686 g/mol. The van der Waals surface area contributed by atoms with Gasteiger partial charge in [0.15, 0.2) is 35.6 Å². The molecule has 2 aliphatic rings. The molecule has 2 aromatic carbocycles. The second kappa shape index (κ2) is 17.2. The van der Waals surface area contributed by atoms with E-state index in [1.165, 1.54) is 26.4 Å². The Morgan fingerprint density at radius 2 is 0.958 bits per heavy atom. The van der Waals surface area contributed by atoms with Crippen molar-refractivity contribution in [2.24, 2.45) is 11.8 Å². The lowest BCUT2D eigenvalue weighted by molar-refractivity contribution is -0.308. The lowest BCUT2D eigenvalue weighted by atomic mass is 9.83. The maximum absolute atomic E-state index is 10.6. The van der Waals surface area contributed by atoms with E-state index in [0.717, 1.165) is 0 Å². The third-order valence-corrected chi connectivity index (χ3v) is 8.80. The normalized spacial score (nSPS) is 32.0. The molecule has 10 N–H and O–H groups in total. The third-order valence-electron chi connectivity index (χ3n) is 8.80. The van der Waals surface area contributed by atoms with Crippen molar-refractivity contribution in [3.63, 3.8) is 0 Å². The number of aliphatic hydroxyl groups is 8. The fourth-order valence-electron chi connectivity index (χ4n) is 5.87. The van der Waals surface area contributed by atoms with Gasteiger partial charge in [0.05, 0.1) is 40.6 Å². The first-order valence-electron chi connectivity index (χ1n) is 15.5. The molecule has 0 saturated carbocycles. The summed E-state index contributed by atoms with van der Waals surface area (Å²) in [5, 5.41) is 102. The van der Waals surface area contributed by atoms with Gasteiger partial charge >= 0.3 is 0 Å². The zero-order valence-electron chi connectivity index (χ0n) is 26.6. The van der Waals surface area contributed by atoms with E-state index in [1.54, 1.807) is 24.3 Å². The summed E-state index contributed by atoms with van der Waals surface area (Å²) >= 11 is 0. The Morgan fingerprint density at radius 1 is 0.583 bits per heavy atom. The average Bonchev–Trinajstić information content (AvgIpc) is 3.09. The summed E-state index contributed by atoms with van der Waals surface area (Å²) in [4.78, 5) is 0. The Balaban J connectivity index is 1.66. The number of phenols is 2. The fraction of sp³-hybridized carbons (Fsp3) is 0.625. The van der Waals surface area contributed by atoms with Gasteiger partial charge in [-0.2, -0.15) is 0 Å². The largest absolute Gasteiger partial charge is 0.504 e. The topological polar surface area (TPSA) is 258 Å². The smallest absolute Gasteiger partial charge is 0.186 e. The first-order valence-corrected chi connectivity index (χ1v) is 15.5. The van der Waals surface area contributed by atoms with Crippen LogP contribution in [0.25, 0.3) is 0 Å². The molecular formula is C32H46O16. The maximum atomic E-state index is 10.6. The van der Waals surface area contributed by atoms with Crippen LogP contribution in [0.1, 0.15) is 11.1 Å². The lowest BCUT2D eigenvalue weighted by Gasteiger charge is -2.41. The molecular weight excluding hydrogens is 640 g/mol. The molecule has 48 heavy (non-hydrogen) atoms. The van der Waals surface area contributed by atoms with Gasteiger partial charge in [0.1, 0.15) is 48.8 Å². The van der Waals surface area contributed by atoms with Crippen molar-refractivity contribution in [2.75, 3.05) is 40.6 Å². The van der Waals surface area contributed by atoms with E-state index in [9.17, 15) is 51.1 Å². The minimum Gasteiger partial charge on any atom is -0.504 e. The molecule has 2 heterocycles. The SMILES string of the molecule is COc1cc(C[C@@H](CO[C@H]2O[C@H](CO)[C@@H](O)[C@H](O)[C@H]2O)[C@@H](CO[C@H]2O[C@H](CO)[C@@H](O)[C@H](O)[C@H]2O)Cc2ccc(O)c(OC)c2)ccc1O. The number of rotatable bonds is 15. The Hall–Kier alpha value is -2.84. The van der Waals surface area contributed by atoms with Crippen molar-refractivity contribution in [3.8, 4) is 23.0 Å². The zero-order valence-corrected chi connectivity index (χ0v) is 26.6. The number of aromatic hydroxyl groups is 2. The molecule has 2 aromatic rings.